The van der Waals surface area contributed by atoms with Crippen molar-refractivity contribution in [2.24, 2.45) is 0 Å². The van der Waals surface area contributed by atoms with E-state index in [1.54, 1.807) is 48.8 Å². The number of hydrogen-bond donors (Lipinski definition) is 2. The minimum absolute atomic E-state index is 0.0398. The molecular weight excluding hydrogens is 426 g/mol. The predicted octanol–water partition coefficient (Wildman–Crippen LogP) is 4.84. The molecule has 6 nitrogen and oxygen atoms in total. The summed E-state index contributed by atoms with van der Waals surface area (Å²) in [6.07, 6.45) is 3.42. The lowest BCUT2D eigenvalue weighted by atomic mass is 9.95. The number of pyridine rings is 1. The van der Waals surface area contributed by atoms with E-state index < -0.39 is 17.7 Å². The second kappa shape index (κ2) is 7.98. The highest BCUT2D eigenvalue weighted by atomic mass is 35.5. The summed E-state index contributed by atoms with van der Waals surface area (Å²) in [5.74, 6) is -1.65. The fraction of sp³-hybridized carbons (Fsp3) is 0.0800. The maximum atomic E-state index is 13.2. The number of para-hydroxylation sites is 1. The molecule has 0 bridgehead atoms. The number of rotatable bonds is 4. The molecule has 158 valence electrons. The molecule has 0 saturated carbocycles. The van der Waals surface area contributed by atoms with Crippen molar-refractivity contribution in [2.75, 3.05) is 0 Å². The summed E-state index contributed by atoms with van der Waals surface area (Å²) in [7, 11) is 0. The van der Waals surface area contributed by atoms with Gasteiger partial charge in [0, 0.05) is 39.4 Å². The SMILES string of the molecule is O=C1C(=O)N(Cc2ccccn2)C(c2c[nH]c3ccccc23)/C1=C(\O)c1ccc(Cl)cc1. The molecule has 3 heterocycles. The van der Waals surface area contributed by atoms with Gasteiger partial charge in [0.1, 0.15) is 5.76 Å². The normalized spacial score (nSPS) is 17.9. The first-order valence-electron chi connectivity index (χ1n) is 10.0. The summed E-state index contributed by atoms with van der Waals surface area (Å²) in [4.78, 5) is 35.3. The van der Waals surface area contributed by atoms with Crippen molar-refractivity contribution in [2.45, 2.75) is 12.6 Å². The van der Waals surface area contributed by atoms with Crippen LogP contribution in [-0.2, 0) is 16.1 Å². The van der Waals surface area contributed by atoms with E-state index in [-0.39, 0.29) is 17.9 Å². The van der Waals surface area contributed by atoms with E-state index in [2.05, 4.69) is 9.97 Å². The highest BCUT2D eigenvalue weighted by Gasteiger charge is 2.47. The van der Waals surface area contributed by atoms with Gasteiger partial charge in [-0.05, 0) is 42.5 Å². The van der Waals surface area contributed by atoms with Crippen molar-refractivity contribution in [1.82, 2.24) is 14.9 Å². The summed E-state index contributed by atoms with van der Waals surface area (Å²) in [5, 5.41) is 12.5. The van der Waals surface area contributed by atoms with Crippen molar-refractivity contribution >= 4 is 40.0 Å². The van der Waals surface area contributed by atoms with Crippen LogP contribution in [0, 0.1) is 0 Å². The number of likely N-dealkylation sites (tertiary alicyclic amines) is 1. The molecule has 5 rings (SSSR count). The van der Waals surface area contributed by atoms with Crippen LogP contribution in [0.3, 0.4) is 0 Å². The first kappa shape index (κ1) is 20.0. The molecule has 1 aliphatic rings. The minimum Gasteiger partial charge on any atom is -0.507 e. The van der Waals surface area contributed by atoms with Crippen molar-refractivity contribution in [3.63, 3.8) is 0 Å². The molecule has 4 aromatic rings. The number of hydrogen-bond acceptors (Lipinski definition) is 4. The maximum Gasteiger partial charge on any atom is 0.296 e. The number of carbonyl (C=O) groups is 2. The van der Waals surface area contributed by atoms with Gasteiger partial charge in [-0.2, -0.15) is 0 Å². The van der Waals surface area contributed by atoms with E-state index in [1.165, 1.54) is 4.90 Å². The van der Waals surface area contributed by atoms with Crippen molar-refractivity contribution < 1.29 is 14.7 Å². The quantitative estimate of drug-likeness (QED) is 0.268. The molecule has 2 aromatic carbocycles. The highest BCUT2D eigenvalue weighted by molar-refractivity contribution is 6.46. The number of aromatic amines is 1. The van der Waals surface area contributed by atoms with E-state index in [9.17, 15) is 14.7 Å². The van der Waals surface area contributed by atoms with Crippen LogP contribution in [0.5, 0.6) is 0 Å². The molecular formula is C25H18ClN3O3. The Balaban J connectivity index is 1.71. The van der Waals surface area contributed by atoms with Crippen molar-refractivity contribution in [3.05, 3.63) is 107 Å². The van der Waals surface area contributed by atoms with Gasteiger partial charge in [0.25, 0.3) is 11.7 Å². The van der Waals surface area contributed by atoms with Gasteiger partial charge in [-0.15, -0.1) is 0 Å². The fourth-order valence-electron chi connectivity index (χ4n) is 4.12. The molecule has 1 atom stereocenters. The Morgan fingerprint density at radius 2 is 1.78 bits per heavy atom. The molecule has 32 heavy (non-hydrogen) atoms. The Morgan fingerprint density at radius 3 is 2.53 bits per heavy atom. The Kier molecular flexibility index (Phi) is 4.99. The van der Waals surface area contributed by atoms with Crippen LogP contribution < -0.4 is 0 Å². The number of aliphatic hydroxyl groups excluding tert-OH is 1. The Hall–Kier alpha value is -3.90. The second-order valence-electron chi connectivity index (χ2n) is 7.54. The van der Waals surface area contributed by atoms with Gasteiger partial charge in [0.05, 0.1) is 23.9 Å². The number of fused-ring (bicyclic) bond motifs is 1. The third-order valence-corrected chi connectivity index (χ3v) is 5.88. The average Bonchev–Trinajstić information content (AvgIpc) is 3.34. The predicted molar refractivity (Wildman–Crippen MR) is 122 cm³/mol. The van der Waals surface area contributed by atoms with E-state index >= 15 is 0 Å². The van der Waals surface area contributed by atoms with E-state index in [4.69, 9.17) is 11.6 Å². The first-order valence-corrected chi connectivity index (χ1v) is 10.4. The summed E-state index contributed by atoms with van der Waals surface area (Å²) in [6, 6.07) is 18.8. The third-order valence-electron chi connectivity index (χ3n) is 5.63. The maximum absolute atomic E-state index is 13.2. The van der Waals surface area contributed by atoms with Gasteiger partial charge in [-0.25, -0.2) is 0 Å². The van der Waals surface area contributed by atoms with E-state index in [0.29, 0.717) is 16.3 Å². The number of aliphatic hydroxyl groups is 1. The van der Waals surface area contributed by atoms with Crippen LogP contribution >= 0.6 is 11.6 Å². The second-order valence-corrected chi connectivity index (χ2v) is 7.98. The zero-order valence-corrected chi connectivity index (χ0v) is 17.6. The van der Waals surface area contributed by atoms with Crippen LogP contribution in [-0.4, -0.2) is 31.7 Å². The molecule has 2 N–H and O–H groups in total. The molecule has 1 fully saturated rings. The highest BCUT2D eigenvalue weighted by Crippen LogP contribution is 2.42. The van der Waals surface area contributed by atoms with Crippen molar-refractivity contribution in [1.29, 1.82) is 0 Å². The van der Waals surface area contributed by atoms with Gasteiger partial charge in [0.15, 0.2) is 0 Å². The lowest BCUT2D eigenvalue weighted by Gasteiger charge is -2.24. The zero-order valence-electron chi connectivity index (χ0n) is 16.8. The number of aromatic nitrogens is 2. The molecule has 0 spiro atoms. The largest absolute Gasteiger partial charge is 0.507 e. The molecule has 1 amide bonds. The van der Waals surface area contributed by atoms with Crippen LogP contribution in [0.25, 0.3) is 16.7 Å². The molecule has 1 aliphatic heterocycles. The molecule has 1 unspecified atom stereocenters. The number of ketones is 1. The summed E-state index contributed by atoms with van der Waals surface area (Å²) >= 11 is 5.98. The Bertz CT molecular complexity index is 1360. The molecule has 7 heteroatoms. The van der Waals surface area contributed by atoms with Gasteiger partial charge in [-0.3, -0.25) is 14.6 Å². The number of benzene rings is 2. The summed E-state index contributed by atoms with van der Waals surface area (Å²) in [6.45, 7) is 0.132. The summed E-state index contributed by atoms with van der Waals surface area (Å²) in [5.41, 5.74) is 2.70. The van der Waals surface area contributed by atoms with Gasteiger partial charge >= 0.3 is 0 Å². The standard InChI is InChI=1S/C25H18ClN3O3/c26-16-10-8-15(9-11-16)23(30)21-22(19-13-28-20-7-2-1-6-18(19)20)29(25(32)24(21)31)14-17-5-3-4-12-27-17/h1-13,22,28,30H,14H2/b23-21+. The van der Waals surface area contributed by atoms with Crippen LogP contribution in [0.15, 0.2) is 84.7 Å². The number of Topliss-reactive ketones (excluding diaryl/α,β-unsaturated/α-hetero) is 1. The zero-order chi connectivity index (χ0) is 22.2. The Labute approximate surface area is 188 Å². The summed E-state index contributed by atoms with van der Waals surface area (Å²) < 4.78 is 0. The van der Waals surface area contributed by atoms with E-state index in [1.807, 2.05) is 30.3 Å². The number of nitrogens with one attached hydrogen (secondary N) is 1. The molecule has 0 radical (unpaired) electrons. The molecule has 2 aromatic heterocycles. The van der Waals surface area contributed by atoms with Gasteiger partial charge < -0.3 is 15.0 Å². The lowest BCUT2D eigenvalue weighted by molar-refractivity contribution is -0.140. The van der Waals surface area contributed by atoms with Crippen LogP contribution in [0.2, 0.25) is 5.02 Å². The number of carbonyl (C=O) groups excluding carboxylic acids is 2. The van der Waals surface area contributed by atoms with Gasteiger partial charge in [-0.1, -0.05) is 35.9 Å². The minimum atomic E-state index is -0.774. The molecule has 0 aliphatic carbocycles. The number of halogens is 1. The first-order chi connectivity index (χ1) is 15.5. The van der Waals surface area contributed by atoms with Gasteiger partial charge in [0.2, 0.25) is 0 Å². The fourth-order valence-corrected chi connectivity index (χ4v) is 4.24. The Morgan fingerprint density at radius 1 is 1.03 bits per heavy atom. The molecule has 1 saturated heterocycles. The smallest absolute Gasteiger partial charge is 0.296 e. The number of amides is 1. The number of H-pyrrole nitrogens is 1. The topological polar surface area (TPSA) is 86.3 Å². The van der Waals surface area contributed by atoms with E-state index in [0.717, 1.165) is 16.5 Å². The average molecular weight is 444 g/mol. The lowest BCUT2D eigenvalue weighted by Crippen LogP contribution is -2.29. The van der Waals surface area contributed by atoms with Crippen LogP contribution in [0.1, 0.15) is 22.9 Å². The monoisotopic (exact) mass is 443 g/mol. The van der Waals surface area contributed by atoms with Crippen LogP contribution in [0.4, 0.5) is 0 Å². The third kappa shape index (κ3) is 3.35. The number of nitrogens with zero attached hydrogens (tertiary/aromatic N) is 2. The van der Waals surface area contributed by atoms with Crippen molar-refractivity contribution in [3.8, 4) is 0 Å².